The summed E-state index contributed by atoms with van der Waals surface area (Å²) in [5, 5.41) is 2.66. The maximum absolute atomic E-state index is 11.8. The summed E-state index contributed by atoms with van der Waals surface area (Å²) in [4.78, 5) is 12.9. The van der Waals surface area contributed by atoms with Crippen molar-refractivity contribution in [3.8, 4) is 0 Å². The molecule has 7 nitrogen and oxygen atoms in total. The van der Waals surface area contributed by atoms with Gasteiger partial charge in [0, 0.05) is 37.8 Å². The Morgan fingerprint density at radius 2 is 2.18 bits per heavy atom. The van der Waals surface area contributed by atoms with E-state index in [0.29, 0.717) is 24.7 Å². The van der Waals surface area contributed by atoms with Crippen molar-refractivity contribution in [3.05, 3.63) is 11.6 Å². The molecular weight excluding hydrogens is 322 g/mol. The number of aromatic nitrogens is 1. The second-order valence-electron chi connectivity index (χ2n) is 5.62. The minimum Gasteiger partial charge on any atom is -0.370 e. The van der Waals surface area contributed by atoms with Gasteiger partial charge in [-0.1, -0.05) is 0 Å². The van der Waals surface area contributed by atoms with Crippen LogP contribution in [0.2, 0.25) is 0 Å². The number of sulfone groups is 1. The minimum absolute atomic E-state index is 0.291. The Hall–Kier alpha value is -1.35. The van der Waals surface area contributed by atoms with Gasteiger partial charge in [0.15, 0.2) is 20.9 Å². The molecule has 1 aromatic rings. The molecule has 9 heteroatoms. The van der Waals surface area contributed by atoms with Gasteiger partial charge < -0.3 is 15.5 Å². The summed E-state index contributed by atoms with van der Waals surface area (Å²) in [6, 6.07) is 0. The molecule has 1 atom stereocenters. The molecule has 3 heterocycles. The molecule has 0 amide bonds. The maximum Gasteiger partial charge on any atom is 0.191 e. The van der Waals surface area contributed by atoms with Gasteiger partial charge in [0.05, 0.1) is 17.5 Å². The summed E-state index contributed by atoms with van der Waals surface area (Å²) in [5.41, 5.74) is 6.03. The Bertz CT molecular complexity index is 621. The Morgan fingerprint density at radius 1 is 1.41 bits per heavy atom. The van der Waals surface area contributed by atoms with Crippen LogP contribution in [0.5, 0.6) is 0 Å². The molecule has 2 aliphatic rings. The van der Waals surface area contributed by atoms with E-state index in [-0.39, 0.29) is 5.25 Å². The molecule has 22 heavy (non-hydrogen) atoms. The smallest absolute Gasteiger partial charge is 0.191 e. The first-order valence-electron chi connectivity index (χ1n) is 7.47. The van der Waals surface area contributed by atoms with E-state index in [0.717, 1.165) is 37.7 Å². The normalized spacial score (nSPS) is 25.6. The van der Waals surface area contributed by atoms with Crippen molar-refractivity contribution in [2.75, 3.05) is 43.4 Å². The van der Waals surface area contributed by atoms with E-state index in [1.165, 1.54) is 0 Å². The molecule has 2 saturated heterocycles. The van der Waals surface area contributed by atoms with Crippen LogP contribution in [0.4, 0.5) is 5.13 Å². The van der Waals surface area contributed by atoms with Crippen molar-refractivity contribution < 1.29 is 8.42 Å². The van der Waals surface area contributed by atoms with Gasteiger partial charge in [-0.3, -0.25) is 4.99 Å². The van der Waals surface area contributed by atoms with Gasteiger partial charge in [-0.2, -0.15) is 0 Å². The number of hydrogen-bond donors (Lipinski definition) is 1. The van der Waals surface area contributed by atoms with Crippen molar-refractivity contribution in [2.45, 2.75) is 18.1 Å². The summed E-state index contributed by atoms with van der Waals surface area (Å²) >= 11 is 1.63. The number of nitrogens with zero attached hydrogens (tertiary/aromatic N) is 4. The van der Waals surface area contributed by atoms with Crippen LogP contribution in [0, 0.1) is 0 Å². The van der Waals surface area contributed by atoms with E-state index in [2.05, 4.69) is 14.9 Å². The van der Waals surface area contributed by atoms with Crippen molar-refractivity contribution in [1.82, 2.24) is 9.88 Å². The van der Waals surface area contributed by atoms with Crippen LogP contribution in [0.1, 0.15) is 12.8 Å². The van der Waals surface area contributed by atoms with Gasteiger partial charge in [0.1, 0.15) is 0 Å². The lowest BCUT2D eigenvalue weighted by molar-refractivity contribution is 0.380. The zero-order valence-corrected chi connectivity index (χ0v) is 14.0. The van der Waals surface area contributed by atoms with Crippen LogP contribution >= 0.6 is 11.3 Å². The zero-order valence-electron chi connectivity index (χ0n) is 12.4. The largest absolute Gasteiger partial charge is 0.370 e. The Balaban J connectivity index is 1.53. The molecule has 0 saturated carbocycles. The topological polar surface area (TPSA) is 91.9 Å². The molecule has 1 aromatic heterocycles. The van der Waals surface area contributed by atoms with Crippen LogP contribution in [-0.2, 0) is 9.84 Å². The molecule has 3 rings (SSSR count). The molecular formula is C13H21N5O2S2. The van der Waals surface area contributed by atoms with E-state index in [9.17, 15) is 8.42 Å². The number of aliphatic imine (C=N–C) groups is 1. The van der Waals surface area contributed by atoms with E-state index in [1.807, 2.05) is 16.5 Å². The lowest BCUT2D eigenvalue weighted by atomic mass is 10.2. The lowest BCUT2D eigenvalue weighted by Crippen LogP contribution is -2.51. The van der Waals surface area contributed by atoms with E-state index >= 15 is 0 Å². The minimum atomic E-state index is -2.95. The van der Waals surface area contributed by atoms with Gasteiger partial charge in [-0.25, -0.2) is 13.4 Å². The van der Waals surface area contributed by atoms with Crippen LogP contribution in [0.3, 0.4) is 0 Å². The Kier molecular flexibility index (Phi) is 4.53. The zero-order chi connectivity index (χ0) is 15.6. The maximum atomic E-state index is 11.8. The summed E-state index contributed by atoms with van der Waals surface area (Å²) in [5.74, 6) is 0.750. The van der Waals surface area contributed by atoms with Gasteiger partial charge in [0.25, 0.3) is 0 Å². The van der Waals surface area contributed by atoms with Crippen LogP contribution in [0.15, 0.2) is 16.6 Å². The molecule has 1 unspecified atom stereocenters. The number of piperazine rings is 1. The van der Waals surface area contributed by atoms with Gasteiger partial charge in [-0.05, 0) is 12.8 Å². The average molecular weight is 343 g/mol. The van der Waals surface area contributed by atoms with E-state index < -0.39 is 9.84 Å². The van der Waals surface area contributed by atoms with Crippen LogP contribution in [0.25, 0.3) is 0 Å². The number of hydrogen-bond acceptors (Lipinski definition) is 6. The van der Waals surface area contributed by atoms with Crippen molar-refractivity contribution in [1.29, 1.82) is 0 Å². The number of guanidine groups is 1. The molecule has 0 aromatic carbocycles. The third-order valence-corrected chi connectivity index (χ3v) is 7.30. The third kappa shape index (κ3) is 3.35. The first-order chi connectivity index (χ1) is 10.6. The number of anilines is 1. The van der Waals surface area contributed by atoms with E-state index in [4.69, 9.17) is 5.73 Å². The fraction of sp³-hybridized carbons (Fsp3) is 0.692. The van der Waals surface area contributed by atoms with Crippen molar-refractivity contribution >= 4 is 32.3 Å². The van der Waals surface area contributed by atoms with Crippen LogP contribution < -0.4 is 10.6 Å². The first kappa shape index (κ1) is 15.5. The predicted octanol–water partition coefficient (Wildman–Crippen LogP) is 0.157. The molecule has 0 spiro atoms. The van der Waals surface area contributed by atoms with Gasteiger partial charge in [-0.15, -0.1) is 11.3 Å². The third-order valence-electron chi connectivity index (χ3n) is 4.21. The molecule has 0 aliphatic carbocycles. The quantitative estimate of drug-likeness (QED) is 0.621. The highest BCUT2D eigenvalue weighted by Gasteiger charge is 2.31. The molecule has 2 fully saturated rings. The lowest BCUT2D eigenvalue weighted by Gasteiger charge is -2.35. The number of nitrogens with two attached hydrogens (primary N) is 1. The summed E-state index contributed by atoms with van der Waals surface area (Å²) in [6.45, 7) is 3.57. The Morgan fingerprint density at radius 3 is 2.77 bits per heavy atom. The summed E-state index contributed by atoms with van der Waals surface area (Å²) < 4.78 is 23.6. The summed E-state index contributed by atoms with van der Waals surface area (Å²) in [6.07, 6.45) is 3.26. The van der Waals surface area contributed by atoms with E-state index in [1.54, 1.807) is 11.3 Å². The second kappa shape index (κ2) is 6.41. The molecule has 2 aliphatic heterocycles. The van der Waals surface area contributed by atoms with Crippen LogP contribution in [-0.4, -0.2) is 68.0 Å². The predicted molar refractivity (Wildman–Crippen MR) is 89.2 cm³/mol. The highest BCUT2D eigenvalue weighted by Crippen LogP contribution is 2.21. The second-order valence-corrected chi connectivity index (χ2v) is 8.89. The molecule has 2 N–H and O–H groups in total. The molecule has 122 valence electrons. The highest BCUT2D eigenvalue weighted by atomic mass is 32.2. The summed E-state index contributed by atoms with van der Waals surface area (Å²) in [7, 11) is -2.95. The monoisotopic (exact) mass is 343 g/mol. The fourth-order valence-electron chi connectivity index (χ4n) is 2.86. The van der Waals surface area contributed by atoms with Crippen molar-refractivity contribution in [2.24, 2.45) is 10.7 Å². The van der Waals surface area contributed by atoms with Gasteiger partial charge in [0.2, 0.25) is 0 Å². The number of thiazole rings is 1. The van der Waals surface area contributed by atoms with Crippen molar-refractivity contribution in [3.63, 3.8) is 0 Å². The average Bonchev–Trinajstić information content (AvgIpc) is 3.14. The van der Waals surface area contributed by atoms with Gasteiger partial charge >= 0.3 is 0 Å². The molecule has 0 radical (unpaired) electrons. The highest BCUT2D eigenvalue weighted by molar-refractivity contribution is 7.92. The first-order valence-corrected chi connectivity index (χ1v) is 10.1. The molecule has 0 bridgehead atoms. The Labute approximate surface area is 134 Å². The standard InChI is InChI=1S/C13H21N5O2S2/c14-12(16-10-11-2-1-9-22(11,19)20)17-4-6-18(7-5-17)13-15-3-8-21-13/h3,8,11H,1-2,4-7,9-10H2,(H2,14,16). The SMILES string of the molecule is NC(=NCC1CCCS1(=O)=O)N1CCN(c2nccs2)CC1. The fourth-order valence-corrected chi connectivity index (χ4v) is 5.28. The number of rotatable bonds is 3.